The minimum atomic E-state index is -0.323. The molecule has 1 unspecified atom stereocenters. The molecular formula is C17H22N2O3. The summed E-state index contributed by atoms with van der Waals surface area (Å²) < 4.78 is 4.76. The summed E-state index contributed by atoms with van der Waals surface area (Å²) in [5.41, 5.74) is 2.37. The van der Waals surface area contributed by atoms with Crippen LogP contribution < -0.4 is 4.90 Å². The normalized spacial score (nSPS) is 21.5. The zero-order chi connectivity index (χ0) is 15.5. The van der Waals surface area contributed by atoms with Crippen LogP contribution in [0.2, 0.25) is 0 Å². The fraction of sp³-hybridized carbons (Fsp3) is 0.529. The summed E-state index contributed by atoms with van der Waals surface area (Å²) in [4.78, 5) is 27.9. The topological polar surface area (TPSA) is 49.9 Å². The van der Waals surface area contributed by atoms with Gasteiger partial charge in [0, 0.05) is 38.3 Å². The summed E-state index contributed by atoms with van der Waals surface area (Å²) in [7, 11) is 1.37. The second-order valence-corrected chi connectivity index (χ2v) is 6.02. The summed E-state index contributed by atoms with van der Waals surface area (Å²) >= 11 is 0. The molecule has 5 nitrogen and oxygen atoms in total. The van der Waals surface area contributed by atoms with E-state index in [1.165, 1.54) is 25.6 Å². The van der Waals surface area contributed by atoms with Crippen LogP contribution in [-0.2, 0) is 20.9 Å². The van der Waals surface area contributed by atoms with Crippen molar-refractivity contribution < 1.29 is 14.3 Å². The van der Waals surface area contributed by atoms with Crippen molar-refractivity contribution >= 4 is 17.6 Å². The van der Waals surface area contributed by atoms with Gasteiger partial charge in [-0.05, 0) is 24.5 Å². The Morgan fingerprint density at radius 3 is 2.73 bits per heavy atom. The Bertz CT molecular complexity index is 567. The first kappa shape index (κ1) is 14.9. The summed E-state index contributed by atoms with van der Waals surface area (Å²) in [5, 5.41) is 0. The number of benzene rings is 1. The summed E-state index contributed by atoms with van der Waals surface area (Å²) in [6.45, 7) is 3.18. The van der Waals surface area contributed by atoms with Gasteiger partial charge in [-0.15, -0.1) is 0 Å². The number of ether oxygens (including phenoxy) is 1. The molecule has 1 atom stereocenters. The highest BCUT2D eigenvalue weighted by molar-refractivity contribution is 5.86. The van der Waals surface area contributed by atoms with Crippen molar-refractivity contribution in [1.82, 2.24) is 4.90 Å². The smallest absolute Gasteiger partial charge is 0.310 e. The lowest BCUT2D eigenvalue weighted by Crippen LogP contribution is -2.28. The molecule has 0 spiro atoms. The monoisotopic (exact) mass is 302 g/mol. The van der Waals surface area contributed by atoms with Crippen LogP contribution in [0.3, 0.4) is 0 Å². The van der Waals surface area contributed by atoms with Crippen LogP contribution in [0.15, 0.2) is 24.3 Å². The first-order valence-corrected chi connectivity index (χ1v) is 7.87. The molecule has 2 aliphatic rings. The number of likely N-dealkylation sites (tertiary alicyclic amines) is 1. The van der Waals surface area contributed by atoms with Crippen molar-refractivity contribution in [2.75, 3.05) is 31.6 Å². The van der Waals surface area contributed by atoms with Gasteiger partial charge >= 0.3 is 5.97 Å². The number of amides is 1. The number of esters is 1. The van der Waals surface area contributed by atoms with E-state index in [9.17, 15) is 9.59 Å². The van der Waals surface area contributed by atoms with Gasteiger partial charge in [0.05, 0.1) is 13.0 Å². The van der Waals surface area contributed by atoms with Crippen LogP contribution in [0, 0.1) is 5.92 Å². The van der Waals surface area contributed by atoms with E-state index in [0.717, 1.165) is 18.7 Å². The molecule has 1 aromatic carbocycles. The van der Waals surface area contributed by atoms with E-state index in [2.05, 4.69) is 17.0 Å². The Balaban J connectivity index is 1.73. The molecule has 2 aliphatic heterocycles. The molecule has 1 aromatic rings. The Hall–Kier alpha value is -2.04. The van der Waals surface area contributed by atoms with Gasteiger partial charge < -0.3 is 14.5 Å². The van der Waals surface area contributed by atoms with Gasteiger partial charge in [0.1, 0.15) is 0 Å². The van der Waals surface area contributed by atoms with E-state index in [4.69, 9.17) is 4.74 Å². The molecule has 118 valence electrons. The van der Waals surface area contributed by atoms with E-state index in [1.807, 2.05) is 12.1 Å². The number of carbonyl (C=O) groups is 2. The average Bonchev–Trinajstić information content (AvgIpc) is 3.18. The minimum Gasteiger partial charge on any atom is -0.469 e. The molecule has 0 aliphatic carbocycles. The number of rotatable bonds is 4. The minimum absolute atomic E-state index is 0.0339. The lowest BCUT2D eigenvalue weighted by atomic mass is 10.1. The first-order valence-electron chi connectivity index (χ1n) is 7.87. The quantitative estimate of drug-likeness (QED) is 0.796. The molecule has 0 radical (unpaired) electrons. The summed E-state index contributed by atoms with van der Waals surface area (Å²) in [6, 6.07) is 8.25. The standard InChI is InChI=1S/C17H22N2O3/c1-22-17(21)14-10-16(20)19(12-14)11-13-6-2-3-7-15(13)18-8-4-5-9-18/h2-3,6-7,14H,4-5,8-12H2,1H3. The molecule has 2 fully saturated rings. The maximum Gasteiger partial charge on any atom is 0.310 e. The average molecular weight is 302 g/mol. The second-order valence-electron chi connectivity index (χ2n) is 6.02. The third-order valence-corrected chi connectivity index (χ3v) is 4.55. The first-order chi connectivity index (χ1) is 10.7. The summed E-state index contributed by atoms with van der Waals surface area (Å²) in [5.74, 6) is -0.577. The van der Waals surface area contributed by atoms with E-state index in [-0.39, 0.29) is 24.2 Å². The van der Waals surface area contributed by atoms with Crippen molar-refractivity contribution in [2.45, 2.75) is 25.8 Å². The zero-order valence-electron chi connectivity index (χ0n) is 13.0. The lowest BCUT2D eigenvalue weighted by Gasteiger charge is -2.24. The Morgan fingerprint density at radius 2 is 2.00 bits per heavy atom. The van der Waals surface area contributed by atoms with Crippen molar-refractivity contribution in [3.63, 3.8) is 0 Å². The fourth-order valence-electron chi connectivity index (χ4n) is 3.37. The van der Waals surface area contributed by atoms with Gasteiger partial charge in [-0.2, -0.15) is 0 Å². The molecule has 22 heavy (non-hydrogen) atoms. The number of methoxy groups -OCH3 is 1. The molecule has 0 N–H and O–H groups in total. The molecule has 1 amide bonds. The molecular weight excluding hydrogens is 280 g/mol. The Morgan fingerprint density at radius 1 is 1.27 bits per heavy atom. The molecule has 2 saturated heterocycles. The van der Waals surface area contributed by atoms with Crippen molar-refractivity contribution in [3.8, 4) is 0 Å². The van der Waals surface area contributed by atoms with Gasteiger partial charge in [-0.1, -0.05) is 18.2 Å². The van der Waals surface area contributed by atoms with Crippen LogP contribution in [0.5, 0.6) is 0 Å². The number of hydrogen-bond donors (Lipinski definition) is 0. The van der Waals surface area contributed by atoms with Gasteiger partial charge in [0.2, 0.25) is 5.91 Å². The molecule has 3 rings (SSSR count). The molecule has 0 aromatic heterocycles. The number of nitrogens with zero attached hydrogens (tertiary/aromatic N) is 2. The van der Waals surface area contributed by atoms with Crippen LogP contribution in [0.4, 0.5) is 5.69 Å². The third kappa shape index (κ3) is 2.93. The van der Waals surface area contributed by atoms with E-state index < -0.39 is 0 Å². The number of carbonyl (C=O) groups excluding carboxylic acids is 2. The van der Waals surface area contributed by atoms with Gasteiger partial charge in [0.25, 0.3) is 0 Å². The Kier molecular flexibility index (Phi) is 4.32. The van der Waals surface area contributed by atoms with Gasteiger partial charge in [0.15, 0.2) is 0 Å². The number of anilines is 1. The second kappa shape index (κ2) is 6.38. The van der Waals surface area contributed by atoms with Crippen molar-refractivity contribution in [2.24, 2.45) is 5.92 Å². The molecule has 0 saturated carbocycles. The Labute approximate surface area is 130 Å². The van der Waals surface area contributed by atoms with Gasteiger partial charge in [-0.3, -0.25) is 9.59 Å². The van der Waals surface area contributed by atoms with E-state index in [1.54, 1.807) is 4.90 Å². The van der Waals surface area contributed by atoms with Crippen LogP contribution in [0.1, 0.15) is 24.8 Å². The highest BCUT2D eigenvalue weighted by atomic mass is 16.5. The lowest BCUT2D eigenvalue weighted by molar-refractivity contribution is -0.145. The largest absolute Gasteiger partial charge is 0.469 e. The maximum absolute atomic E-state index is 12.1. The van der Waals surface area contributed by atoms with Crippen LogP contribution >= 0.6 is 0 Å². The van der Waals surface area contributed by atoms with E-state index >= 15 is 0 Å². The molecule has 0 bridgehead atoms. The molecule has 5 heteroatoms. The van der Waals surface area contributed by atoms with E-state index in [0.29, 0.717) is 13.1 Å². The maximum atomic E-state index is 12.1. The summed E-state index contributed by atoms with van der Waals surface area (Å²) in [6.07, 6.45) is 2.71. The number of para-hydroxylation sites is 1. The van der Waals surface area contributed by atoms with Crippen molar-refractivity contribution in [3.05, 3.63) is 29.8 Å². The molecule has 2 heterocycles. The third-order valence-electron chi connectivity index (χ3n) is 4.55. The SMILES string of the molecule is COC(=O)C1CC(=O)N(Cc2ccccc2N2CCCC2)C1. The van der Waals surface area contributed by atoms with Crippen LogP contribution in [0.25, 0.3) is 0 Å². The highest BCUT2D eigenvalue weighted by Gasteiger charge is 2.35. The fourth-order valence-corrected chi connectivity index (χ4v) is 3.37. The number of hydrogen-bond acceptors (Lipinski definition) is 4. The predicted molar refractivity (Wildman–Crippen MR) is 83.4 cm³/mol. The predicted octanol–water partition coefficient (Wildman–Crippen LogP) is 1.81. The van der Waals surface area contributed by atoms with Crippen molar-refractivity contribution in [1.29, 1.82) is 0 Å². The van der Waals surface area contributed by atoms with Crippen LogP contribution in [-0.4, -0.2) is 43.5 Å². The van der Waals surface area contributed by atoms with Gasteiger partial charge in [-0.25, -0.2) is 0 Å². The highest BCUT2D eigenvalue weighted by Crippen LogP contribution is 2.28. The zero-order valence-corrected chi connectivity index (χ0v) is 13.0.